The average molecular weight is 253 g/mol. The van der Waals surface area contributed by atoms with E-state index in [1.54, 1.807) is 12.1 Å². The van der Waals surface area contributed by atoms with E-state index in [2.05, 4.69) is 11.9 Å². The second-order valence-corrected chi connectivity index (χ2v) is 4.14. The quantitative estimate of drug-likeness (QED) is 0.839. The number of aryl methyl sites for hydroxylation is 1. The minimum Gasteiger partial charge on any atom is -0.457 e. The largest absolute Gasteiger partial charge is 0.457 e. The van der Waals surface area contributed by atoms with Crippen molar-refractivity contribution in [2.24, 2.45) is 0 Å². The Hall–Kier alpha value is -2.55. The standard InChI is InChI=1S/C16H15NO2/c1-3-16(18)17-13-7-5-9-15(11-13)19-14-8-4-6-12(2)10-14/h3-11H,1H2,2H3,(H,17,18). The first-order valence-electron chi connectivity index (χ1n) is 5.95. The van der Waals surface area contributed by atoms with Crippen molar-refractivity contribution < 1.29 is 9.53 Å². The van der Waals surface area contributed by atoms with Crippen molar-refractivity contribution in [2.45, 2.75) is 6.92 Å². The second kappa shape index (κ2) is 5.87. The lowest BCUT2D eigenvalue weighted by Gasteiger charge is -2.08. The van der Waals surface area contributed by atoms with Gasteiger partial charge in [0.2, 0.25) is 5.91 Å². The van der Waals surface area contributed by atoms with Crippen LogP contribution >= 0.6 is 0 Å². The molecule has 0 saturated heterocycles. The first-order chi connectivity index (χ1) is 9.17. The molecule has 0 aromatic heterocycles. The average Bonchev–Trinajstić information content (AvgIpc) is 2.39. The molecule has 0 aliphatic carbocycles. The van der Waals surface area contributed by atoms with Crippen molar-refractivity contribution in [2.75, 3.05) is 5.32 Å². The Balaban J connectivity index is 2.15. The molecule has 0 bridgehead atoms. The number of carbonyl (C=O) groups excluding carboxylic acids is 1. The van der Waals surface area contributed by atoms with Crippen LogP contribution in [-0.2, 0) is 4.79 Å². The number of amides is 1. The van der Waals surface area contributed by atoms with Gasteiger partial charge in [-0.05, 0) is 42.8 Å². The van der Waals surface area contributed by atoms with Crippen LogP contribution in [0.5, 0.6) is 11.5 Å². The number of rotatable bonds is 4. The van der Waals surface area contributed by atoms with E-state index in [4.69, 9.17) is 4.74 Å². The van der Waals surface area contributed by atoms with Gasteiger partial charge in [0.1, 0.15) is 11.5 Å². The Morgan fingerprint density at radius 1 is 1.16 bits per heavy atom. The third-order valence-electron chi connectivity index (χ3n) is 2.51. The lowest BCUT2D eigenvalue weighted by Crippen LogP contribution is -2.06. The van der Waals surface area contributed by atoms with E-state index in [1.165, 1.54) is 6.08 Å². The summed E-state index contributed by atoms with van der Waals surface area (Å²) in [7, 11) is 0. The molecule has 96 valence electrons. The zero-order valence-corrected chi connectivity index (χ0v) is 10.7. The van der Waals surface area contributed by atoms with E-state index in [0.29, 0.717) is 11.4 Å². The van der Waals surface area contributed by atoms with Crippen LogP contribution in [0.3, 0.4) is 0 Å². The minimum atomic E-state index is -0.243. The van der Waals surface area contributed by atoms with Gasteiger partial charge in [-0.25, -0.2) is 0 Å². The summed E-state index contributed by atoms with van der Waals surface area (Å²) in [4.78, 5) is 11.2. The van der Waals surface area contributed by atoms with E-state index in [9.17, 15) is 4.79 Å². The number of anilines is 1. The van der Waals surface area contributed by atoms with Crippen molar-refractivity contribution in [3.63, 3.8) is 0 Å². The molecule has 0 atom stereocenters. The molecule has 1 N–H and O–H groups in total. The number of carbonyl (C=O) groups is 1. The molecule has 3 nitrogen and oxygen atoms in total. The van der Waals surface area contributed by atoms with Crippen LogP contribution < -0.4 is 10.1 Å². The normalized spacial score (nSPS) is 9.74. The Morgan fingerprint density at radius 2 is 1.84 bits per heavy atom. The fourth-order valence-corrected chi connectivity index (χ4v) is 1.65. The Labute approximate surface area is 112 Å². The van der Waals surface area contributed by atoms with Crippen LogP contribution in [0.2, 0.25) is 0 Å². The molecular formula is C16H15NO2. The molecule has 19 heavy (non-hydrogen) atoms. The topological polar surface area (TPSA) is 38.3 Å². The van der Waals surface area contributed by atoms with E-state index in [0.717, 1.165) is 11.3 Å². The maximum Gasteiger partial charge on any atom is 0.247 e. The fourth-order valence-electron chi connectivity index (χ4n) is 1.65. The summed E-state index contributed by atoms with van der Waals surface area (Å²) in [6.45, 7) is 5.42. The van der Waals surface area contributed by atoms with Crippen molar-refractivity contribution in [3.05, 3.63) is 66.7 Å². The van der Waals surface area contributed by atoms with Crippen LogP contribution in [-0.4, -0.2) is 5.91 Å². The van der Waals surface area contributed by atoms with E-state index in [1.807, 2.05) is 43.3 Å². The molecule has 0 spiro atoms. The molecule has 2 aromatic carbocycles. The molecule has 0 aliphatic heterocycles. The van der Waals surface area contributed by atoms with Crippen molar-refractivity contribution in [3.8, 4) is 11.5 Å². The molecule has 2 aromatic rings. The highest BCUT2D eigenvalue weighted by Crippen LogP contribution is 2.24. The summed E-state index contributed by atoms with van der Waals surface area (Å²) in [5, 5.41) is 2.69. The number of nitrogens with one attached hydrogen (secondary N) is 1. The summed E-state index contributed by atoms with van der Waals surface area (Å²) in [5.74, 6) is 1.20. The van der Waals surface area contributed by atoms with Gasteiger partial charge in [-0.3, -0.25) is 4.79 Å². The Bertz CT molecular complexity index is 605. The molecule has 0 saturated carbocycles. The summed E-state index contributed by atoms with van der Waals surface area (Å²) < 4.78 is 5.74. The Kier molecular flexibility index (Phi) is 3.98. The van der Waals surface area contributed by atoms with Crippen LogP contribution in [0, 0.1) is 6.92 Å². The smallest absolute Gasteiger partial charge is 0.247 e. The van der Waals surface area contributed by atoms with Gasteiger partial charge in [0, 0.05) is 11.8 Å². The van der Waals surface area contributed by atoms with Crippen LogP contribution in [0.15, 0.2) is 61.2 Å². The number of benzene rings is 2. The summed E-state index contributed by atoms with van der Waals surface area (Å²) in [5.41, 5.74) is 1.81. The molecule has 3 heteroatoms. The monoisotopic (exact) mass is 253 g/mol. The van der Waals surface area contributed by atoms with Crippen molar-refractivity contribution in [1.82, 2.24) is 0 Å². The highest BCUT2D eigenvalue weighted by molar-refractivity contribution is 5.98. The van der Waals surface area contributed by atoms with Crippen LogP contribution in [0.25, 0.3) is 0 Å². The molecule has 0 fully saturated rings. The summed E-state index contributed by atoms with van der Waals surface area (Å²) >= 11 is 0. The lowest BCUT2D eigenvalue weighted by atomic mass is 10.2. The highest BCUT2D eigenvalue weighted by atomic mass is 16.5. The van der Waals surface area contributed by atoms with Crippen LogP contribution in [0.1, 0.15) is 5.56 Å². The van der Waals surface area contributed by atoms with E-state index < -0.39 is 0 Å². The van der Waals surface area contributed by atoms with E-state index >= 15 is 0 Å². The number of hydrogen-bond acceptors (Lipinski definition) is 2. The molecule has 1 amide bonds. The lowest BCUT2D eigenvalue weighted by molar-refractivity contribution is -0.111. The van der Waals surface area contributed by atoms with Crippen LogP contribution in [0.4, 0.5) is 5.69 Å². The maximum atomic E-state index is 11.2. The van der Waals surface area contributed by atoms with Gasteiger partial charge in [-0.2, -0.15) is 0 Å². The first-order valence-corrected chi connectivity index (χ1v) is 5.95. The first kappa shape index (κ1) is 12.9. The Morgan fingerprint density at radius 3 is 2.53 bits per heavy atom. The molecule has 0 unspecified atom stereocenters. The van der Waals surface area contributed by atoms with Crippen molar-refractivity contribution in [1.29, 1.82) is 0 Å². The third-order valence-corrected chi connectivity index (χ3v) is 2.51. The van der Waals surface area contributed by atoms with Gasteiger partial charge in [0.15, 0.2) is 0 Å². The third kappa shape index (κ3) is 3.71. The number of hydrogen-bond donors (Lipinski definition) is 1. The zero-order chi connectivity index (χ0) is 13.7. The summed E-state index contributed by atoms with van der Waals surface area (Å²) in [6, 6.07) is 15.0. The maximum absolute atomic E-state index is 11.2. The molecule has 0 radical (unpaired) electrons. The zero-order valence-electron chi connectivity index (χ0n) is 10.7. The van der Waals surface area contributed by atoms with Gasteiger partial charge in [0.25, 0.3) is 0 Å². The predicted molar refractivity (Wildman–Crippen MR) is 76.5 cm³/mol. The molecule has 0 heterocycles. The SMILES string of the molecule is C=CC(=O)Nc1cccc(Oc2cccc(C)c2)c1. The molecule has 0 aliphatic rings. The molecule has 2 rings (SSSR count). The molecular weight excluding hydrogens is 238 g/mol. The second-order valence-electron chi connectivity index (χ2n) is 4.14. The van der Waals surface area contributed by atoms with Gasteiger partial charge in [-0.15, -0.1) is 0 Å². The number of ether oxygens (including phenoxy) is 1. The summed E-state index contributed by atoms with van der Waals surface area (Å²) in [6.07, 6.45) is 1.23. The van der Waals surface area contributed by atoms with Gasteiger partial charge < -0.3 is 10.1 Å². The predicted octanol–water partition coefficient (Wildman–Crippen LogP) is 3.91. The van der Waals surface area contributed by atoms with Crippen molar-refractivity contribution >= 4 is 11.6 Å². The van der Waals surface area contributed by atoms with Gasteiger partial charge >= 0.3 is 0 Å². The minimum absolute atomic E-state index is 0.243. The van der Waals surface area contributed by atoms with E-state index in [-0.39, 0.29) is 5.91 Å². The van der Waals surface area contributed by atoms with Gasteiger partial charge in [-0.1, -0.05) is 24.8 Å². The highest BCUT2D eigenvalue weighted by Gasteiger charge is 2.01. The van der Waals surface area contributed by atoms with Gasteiger partial charge in [0.05, 0.1) is 0 Å². The fraction of sp³-hybridized carbons (Fsp3) is 0.0625.